The summed E-state index contributed by atoms with van der Waals surface area (Å²) in [6.45, 7) is 3.91. The van der Waals surface area contributed by atoms with Crippen molar-refractivity contribution in [2.45, 2.75) is 39.5 Å². The molecule has 0 aliphatic rings. The highest BCUT2D eigenvalue weighted by Crippen LogP contribution is 2.11. The van der Waals surface area contributed by atoms with Crippen LogP contribution >= 0.6 is 0 Å². The molecule has 3 rings (SSSR count). The molecule has 0 fully saturated rings. The molecule has 0 spiro atoms. The van der Waals surface area contributed by atoms with E-state index in [0.717, 1.165) is 48.2 Å². The summed E-state index contributed by atoms with van der Waals surface area (Å²) in [6.07, 6.45) is 3.30. The minimum Gasteiger partial charge on any atom is -0.291 e. The van der Waals surface area contributed by atoms with Crippen LogP contribution < -0.4 is 11.0 Å². The number of hydrogen-bond acceptors (Lipinski definition) is 4. The van der Waals surface area contributed by atoms with Crippen LogP contribution in [0.15, 0.2) is 70.6 Å². The van der Waals surface area contributed by atoms with Gasteiger partial charge in [0.1, 0.15) is 0 Å². The van der Waals surface area contributed by atoms with Gasteiger partial charge in [-0.2, -0.15) is 5.10 Å². The lowest BCUT2D eigenvalue weighted by atomic mass is 10.0. The van der Waals surface area contributed by atoms with Gasteiger partial charge in [-0.1, -0.05) is 74.0 Å². The lowest BCUT2D eigenvalue weighted by Crippen LogP contribution is -2.18. The molecule has 0 aliphatic heterocycles. The number of aromatic amines is 1. The van der Waals surface area contributed by atoms with Gasteiger partial charge in [0.15, 0.2) is 0 Å². The Hall–Kier alpha value is -3.21. The molecule has 0 radical (unpaired) electrons. The number of hydrazone groups is 1. The number of aromatic nitrogens is 2. The van der Waals surface area contributed by atoms with Gasteiger partial charge in [-0.05, 0) is 37.3 Å². The van der Waals surface area contributed by atoms with Crippen molar-refractivity contribution in [2.24, 2.45) is 5.10 Å². The third kappa shape index (κ3) is 5.16. The maximum absolute atomic E-state index is 12.3. The van der Waals surface area contributed by atoms with Crippen LogP contribution in [0.4, 0.5) is 5.95 Å². The highest BCUT2D eigenvalue weighted by Gasteiger charge is 2.08. The lowest BCUT2D eigenvalue weighted by Gasteiger charge is -2.09. The van der Waals surface area contributed by atoms with E-state index in [1.807, 2.05) is 62.4 Å². The van der Waals surface area contributed by atoms with Crippen LogP contribution in [0.25, 0.3) is 0 Å². The van der Waals surface area contributed by atoms with E-state index in [0.29, 0.717) is 5.95 Å². The Balaban J connectivity index is 1.82. The number of aryl methyl sites for hydroxylation is 2. The molecular formula is C23H26N4O. The van der Waals surface area contributed by atoms with Gasteiger partial charge in [0, 0.05) is 11.3 Å². The molecule has 0 unspecified atom stereocenters. The van der Waals surface area contributed by atoms with Crippen molar-refractivity contribution in [3.63, 3.8) is 0 Å². The van der Waals surface area contributed by atoms with Crippen LogP contribution in [0.2, 0.25) is 0 Å². The summed E-state index contributed by atoms with van der Waals surface area (Å²) in [5.74, 6) is 0.371. The van der Waals surface area contributed by atoms with E-state index in [2.05, 4.69) is 32.6 Å². The van der Waals surface area contributed by atoms with Gasteiger partial charge in [0.05, 0.1) is 5.71 Å². The Bertz CT molecular complexity index is 978. The van der Waals surface area contributed by atoms with Gasteiger partial charge in [0.25, 0.3) is 5.56 Å². The van der Waals surface area contributed by atoms with E-state index in [4.69, 9.17) is 0 Å². The zero-order valence-corrected chi connectivity index (χ0v) is 16.4. The van der Waals surface area contributed by atoms with Gasteiger partial charge in [-0.25, -0.2) is 10.4 Å². The standard InChI is InChI=1S/C23H26N4O/c1-3-10-20-17(2)24-23(25-22(20)28)27-26-21(19-13-8-5-9-14-19)16-15-18-11-6-4-7-12-18/h4-9,11-14H,3,10,15-16H2,1-2H3,(H2,24,25,27,28)/b26-21-. The number of H-pyrrole nitrogens is 1. The van der Waals surface area contributed by atoms with Gasteiger partial charge in [-0.15, -0.1) is 0 Å². The summed E-state index contributed by atoms with van der Waals surface area (Å²) in [7, 11) is 0. The van der Waals surface area contributed by atoms with Crippen LogP contribution in [0, 0.1) is 6.92 Å². The quantitative estimate of drug-likeness (QED) is 0.451. The highest BCUT2D eigenvalue weighted by molar-refractivity contribution is 6.01. The second-order valence-electron chi connectivity index (χ2n) is 6.75. The summed E-state index contributed by atoms with van der Waals surface area (Å²) in [4.78, 5) is 19.6. The van der Waals surface area contributed by atoms with Crippen molar-refractivity contribution in [3.05, 3.63) is 93.4 Å². The predicted molar refractivity (Wildman–Crippen MR) is 115 cm³/mol. The van der Waals surface area contributed by atoms with Crippen LogP contribution in [0.1, 0.15) is 42.1 Å². The van der Waals surface area contributed by atoms with Crippen LogP contribution in [0.5, 0.6) is 0 Å². The van der Waals surface area contributed by atoms with E-state index in [-0.39, 0.29) is 5.56 Å². The average molecular weight is 374 g/mol. The lowest BCUT2D eigenvalue weighted by molar-refractivity contribution is 0.865. The molecule has 144 valence electrons. The Morgan fingerprint density at radius 1 is 1.04 bits per heavy atom. The second-order valence-corrected chi connectivity index (χ2v) is 6.75. The summed E-state index contributed by atoms with van der Waals surface area (Å²) in [6, 6.07) is 20.4. The number of hydrogen-bond donors (Lipinski definition) is 2. The van der Waals surface area contributed by atoms with Gasteiger partial charge >= 0.3 is 0 Å². The average Bonchev–Trinajstić information content (AvgIpc) is 2.72. The van der Waals surface area contributed by atoms with Crippen molar-refractivity contribution >= 4 is 11.7 Å². The third-order valence-electron chi connectivity index (χ3n) is 4.62. The fraction of sp³-hybridized carbons (Fsp3) is 0.261. The first-order chi connectivity index (χ1) is 13.7. The highest BCUT2D eigenvalue weighted by atomic mass is 16.1. The maximum atomic E-state index is 12.3. The zero-order valence-electron chi connectivity index (χ0n) is 16.4. The van der Waals surface area contributed by atoms with Crippen molar-refractivity contribution in [1.29, 1.82) is 0 Å². The number of nitrogens with one attached hydrogen (secondary N) is 2. The normalized spacial score (nSPS) is 11.4. The topological polar surface area (TPSA) is 70.1 Å². The second kappa shape index (κ2) is 9.65. The smallest absolute Gasteiger partial charge is 0.255 e. The van der Waals surface area contributed by atoms with Gasteiger partial charge in [0.2, 0.25) is 5.95 Å². The molecule has 0 atom stereocenters. The molecule has 0 bridgehead atoms. The minimum absolute atomic E-state index is 0.0994. The molecule has 0 saturated carbocycles. The first-order valence-electron chi connectivity index (χ1n) is 9.69. The van der Waals surface area contributed by atoms with E-state index >= 15 is 0 Å². The number of rotatable bonds is 8. The van der Waals surface area contributed by atoms with Crippen LogP contribution in [-0.2, 0) is 12.8 Å². The van der Waals surface area contributed by atoms with E-state index in [9.17, 15) is 4.79 Å². The maximum Gasteiger partial charge on any atom is 0.255 e. The number of nitrogens with zero attached hydrogens (tertiary/aromatic N) is 2. The van der Waals surface area contributed by atoms with E-state index in [1.165, 1.54) is 5.56 Å². The molecule has 0 amide bonds. The largest absolute Gasteiger partial charge is 0.291 e. The molecule has 2 N–H and O–H groups in total. The van der Waals surface area contributed by atoms with E-state index in [1.54, 1.807) is 0 Å². The molecule has 1 heterocycles. The third-order valence-corrected chi connectivity index (χ3v) is 4.62. The van der Waals surface area contributed by atoms with Gasteiger partial charge < -0.3 is 0 Å². The molecule has 5 nitrogen and oxygen atoms in total. The first kappa shape index (κ1) is 19.5. The summed E-state index contributed by atoms with van der Waals surface area (Å²) >= 11 is 0. The van der Waals surface area contributed by atoms with Crippen LogP contribution in [-0.4, -0.2) is 15.7 Å². The predicted octanol–water partition coefficient (Wildman–Crippen LogP) is 4.48. The SMILES string of the molecule is CCCc1c(C)nc(N/N=C(/CCc2ccccc2)c2ccccc2)[nH]c1=O. The molecule has 0 aliphatic carbocycles. The number of anilines is 1. The molecule has 5 heteroatoms. The Morgan fingerprint density at radius 3 is 2.36 bits per heavy atom. The summed E-state index contributed by atoms with van der Waals surface area (Å²) < 4.78 is 0. The van der Waals surface area contributed by atoms with E-state index < -0.39 is 0 Å². The number of benzene rings is 2. The van der Waals surface area contributed by atoms with Gasteiger partial charge in [-0.3, -0.25) is 9.78 Å². The molecule has 0 saturated heterocycles. The van der Waals surface area contributed by atoms with Crippen molar-refractivity contribution in [3.8, 4) is 0 Å². The molecule has 3 aromatic rings. The monoisotopic (exact) mass is 374 g/mol. The molecule has 28 heavy (non-hydrogen) atoms. The molecule has 2 aromatic carbocycles. The first-order valence-corrected chi connectivity index (χ1v) is 9.69. The Morgan fingerprint density at radius 2 is 1.71 bits per heavy atom. The zero-order chi connectivity index (χ0) is 19.8. The van der Waals surface area contributed by atoms with Crippen molar-refractivity contribution < 1.29 is 0 Å². The fourth-order valence-corrected chi connectivity index (χ4v) is 3.13. The summed E-state index contributed by atoms with van der Waals surface area (Å²) in [5.41, 5.74) is 7.57. The van der Waals surface area contributed by atoms with Crippen LogP contribution in [0.3, 0.4) is 0 Å². The minimum atomic E-state index is -0.0994. The Kier molecular flexibility index (Phi) is 6.73. The van der Waals surface area contributed by atoms with Crippen molar-refractivity contribution in [1.82, 2.24) is 9.97 Å². The molecular weight excluding hydrogens is 348 g/mol. The summed E-state index contributed by atoms with van der Waals surface area (Å²) in [5, 5.41) is 4.57. The molecule has 1 aromatic heterocycles. The van der Waals surface area contributed by atoms with Crippen molar-refractivity contribution in [2.75, 3.05) is 5.43 Å². The Labute approximate surface area is 165 Å². The fourth-order valence-electron chi connectivity index (χ4n) is 3.13.